The Morgan fingerprint density at radius 2 is 1.93 bits per heavy atom. The summed E-state index contributed by atoms with van der Waals surface area (Å²) < 4.78 is 27.5. The van der Waals surface area contributed by atoms with Crippen LogP contribution < -0.4 is 5.32 Å². The first-order chi connectivity index (χ1) is 13.8. The van der Waals surface area contributed by atoms with Crippen molar-refractivity contribution in [3.8, 4) is 0 Å². The molecule has 1 atom stereocenters. The quantitative estimate of drug-likeness (QED) is 0.725. The molecule has 0 spiro atoms. The maximum atomic E-state index is 13.0. The molecule has 29 heavy (non-hydrogen) atoms. The van der Waals surface area contributed by atoms with Gasteiger partial charge in [-0.3, -0.25) is 4.79 Å². The largest absolute Gasteiger partial charge is 0.350 e. The third kappa shape index (κ3) is 5.06. The molecule has 1 amide bonds. The summed E-state index contributed by atoms with van der Waals surface area (Å²) in [6.07, 6.45) is 2.82. The molecular weight excluding hydrogens is 406 g/mol. The monoisotopic (exact) mass is 435 g/mol. The highest BCUT2D eigenvalue weighted by atomic mass is 32.2. The van der Waals surface area contributed by atoms with Crippen molar-refractivity contribution < 1.29 is 13.2 Å². The van der Waals surface area contributed by atoms with Crippen molar-refractivity contribution in [1.29, 1.82) is 0 Å². The Kier molecular flexibility index (Phi) is 7.10. The number of piperidine rings is 1. The molecule has 1 aromatic heterocycles. The summed E-state index contributed by atoms with van der Waals surface area (Å²) in [5, 5.41) is 5.01. The lowest BCUT2D eigenvalue weighted by Crippen LogP contribution is -2.36. The van der Waals surface area contributed by atoms with Gasteiger partial charge in [-0.15, -0.1) is 11.3 Å². The molecule has 1 N–H and O–H groups in total. The van der Waals surface area contributed by atoms with E-state index in [4.69, 9.17) is 0 Å². The highest BCUT2D eigenvalue weighted by Gasteiger charge is 2.27. The smallest absolute Gasteiger partial charge is 0.251 e. The first kappa shape index (κ1) is 22.0. The molecule has 1 aliphatic rings. The van der Waals surface area contributed by atoms with Gasteiger partial charge >= 0.3 is 0 Å². The van der Waals surface area contributed by atoms with Gasteiger partial charge in [-0.2, -0.15) is 4.31 Å². The zero-order valence-corrected chi connectivity index (χ0v) is 18.9. The molecule has 0 saturated carbocycles. The lowest BCUT2D eigenvalue weighted by molar-refractivity contribution is 0.0941. The Hall–Kier alpha value is -1.74. The second-order valence-electron chi connectivity index (χ2n) is 7.65. The summed E-state index contributed by atoms with van der Waals surface area (Å²) in [5.41, 5.74) is 1.17. The van der Waals surface area contributed by atoms with E-state index in [-0.39, 0.29) is 16.8 Å². The molecule has 158 valence electrons. The number of nitrogens with one attached hydrogen (secondary N) is 1. The molecule has 2 aromatic rings. The number of rotatable bonds is 7. The van der Waals surface area contributed by atoms with Crippen LogP contribution in [0.2, 0.25) is 0 Å². The topological polar surface area (TPSA) is 69.7 Å². The van der Waals surface area contributed by atoms with Crippen molar-refractivity contribution in [2.45, 2.75) is 37.1 Å². The van der Waals surface area contributed by atoms with Crippen LogP contribution in [-0.4, -0.2) is 57.3 Å². The maximum absolute atomic E-state index is 13.0. The second-order valence-corrected chi connectivity index (χ2v) is 10.6. The Morgan fingerprint density at radius 3 is 2.55 bits per heavy atom. The van der Waals surface area contributed by atoms with E-state index in [2.05, 4.69) is 16.3 Å². The van der Waals surface area contributed by atoms with Crippen molar-refractivity contribution in [2.24, 2.45) is 0 Å². The number of benzene rings is 1. The number of carbonyl (C=O) groups excluding carboxylic acids is 1. The highest BCUT2D eigenvalue weighted by molar-refractivity contribution is 7.89. The highest BCUT2D eigenvalue weighted by Crippen LogP contribution is 2.24. The van der Waals surface area contributed by atoms with Crippen molar-refractivity contribution in [3.63, 3.8) is 0 Å². The number of carbonyl (C=O) groups is 1. The second kappa shape index (κ2) is 9.38. The Morgan fingerprint density at radius 1 is 1.21 bits per heavy atom. The van der Waals surface area contributed by atoms with E-state index in [0.29, 0.717) is 25.2 Å². The summed E-state index contributed by atoms with van der Waals surface area (Å²) in [5.74, 6) is -0.249. The van der Waals surface area contributed by atoms with Gasteiger partial charge in [0.15, 0.2) is 0 Å². The molecule has 0 aliphatic carbocycles. The molecule has 8 heteroatoms. The minimum atomic E-state index is -3.57. The number of sulfonamides is 1. The summed E-state index contributed by atoms with van der Waals surface area (Å²) in [4.78, 5) is 16.3. The molecule has 2 heterocycles. The number of thiophene rings is 1. The van der Waals surface area contributed by atoms with Crippen LogP contribution in [0.1, 0.15) is 46.1 Å². The van der Waals surface area contributed by atoms with Crippen LogP contribution in [0.5, 0.6) is 0 Å². The average Bonchev–Trinajstić information content (AvgIpc) is 3.23. The predicted octanol–water partition coefficient (Wildman–Crippen LogP) is 3.26. The van der Waals surface area contributed by atoms with Crippen LogP contribution >= 0.6 is 11.3 Å². The number of hydrogen-bond donors (Lipinski definition) is 1. The van der Waals surface area contributed by atoms with E-state index in [9.17, 15) is 13.2 Å². The molecule has 1 aromatic carbocycles. The lowest BCUT2D eigenvalue weighted by atomic mass is 10.1. The molecule has 1 unspecified atom stereocenters. The van der Waals surface area contributed by atoms with Gasteiger partial charge in [-0.25, -0.2) is 8.42 Å². The van der Waals surface area contributed by atoms with E-state index >= 15 is 0 Å². The van der Waals surface area contributed by atoms with Crippen molar-refractivity contribution in [1.82, 2.24) is 14.5 Å². The summed E-state index contributed by atoms with van der Waals surface area (Å²) in [7, 11) is 0.391. The minimum absolute atomic E-state index is 0.0690. The third-order valence-electron chi connectivity index (χ3n) is 5.36. The summed E-state index contributed by atoms with van der Waals surface area (Å²) in [6, 6.07) is 8.96. The normalized spacial score (nSPS) is 16.7. The van der Waals surface area contributed by atoms with Crippen LogP contribution in [-0.2, 0) is 10.0 Å². The van der Waals surface area contributed by atoms with Gasteiger partial charge in [0.2, 0.25) is 10.0 Å². The van der Waals surface area contributed by atoms with Gasteiger partial charge in [0, 0.05) is 30.1 Å². The molecule has 0 bridgehead atoms. The maximum Gasteiger partial charge on any atom is 0.251 e. The number of nitrogens with zero attached hydrogens (tertiary/aromatic N) is 2. The van der Waals surface area contributed by atoms with Crippen LogP contribution in [0.3, 0.4) is 0 Å². The average molecular weight is 436 g/mol. The van der Waals surface area contributed by atoms with Gasteiger partial charge in [0.05, 0.1) is 10.9 Å². The number of aryl methyl sites for hydroxylation is 1. The van der Waals surface area contributed by atoms with Crippen LogP contribution in [0.4, 0.5) is 0 Å². The van der Waals surface area contributed by atoms with E-state index in [0.717, 1.165) is 24.8 Å². The summed E-state index contributed by atoms with van der Waals surface area (Å²) in [6.45, 7) is 3.37. The Balaban J connectivity index is 1.77. The van der Waals surface area contributed by atoms with E-state index in [1.165, 1.54) is 15.2 Å². The van der Waals surface area contributed by atoms with Crippen LogP contribution in [0.25, 0.3) is 0 Å². The molecule has 1 saturated heterocycles. The molecule has 3 rings (SSSR count). The first-order valence-electron chi connectivity index (χ1n) is 9.89. The zero-order chi connectivity index (χ0) is 21.0. The number of amides is 1. The van der Waals surface area contributed by atoms with Crippen molar-refractivity contribution >= 4 is 27.3 Å². The SMILES string of the molecule is Cc1ccc(S(=O)(=O)N2CCCCC2)cc1C(=O)NCC(c1cccs1)N(C)C. The molecule has 1 fully saturated rings. The molecular formula is C21H29N3O3S2. The number of likely N-dealkylation sites (N-methyl/N-ethyl adjacent to an activating group) is 1. The Labute approximate surface area is 177 Å². The Bertz CT molecular complexity index is 934. The van der Waals surface area contributed by atoms with E-state index < -0.39 is 10.0 Å². The van der Waals surface area contributed by atoms with Gasteiger partial charge in [-0.1, -0.05) is 18.6 Å². The van der Waals surface area contributed by atoms with E-state index in [1.807, 2.05) is 32.5 Å². The van der Waals surface area contributed by atoms with E-state index in [1.54, 1.807) is 23.5 Å². The van der Waals surface area contributed by atoms with Gasteiger partial charge in [0.1, 0.15) is 0 Å². The van der Waals surface area contributed by atoms with Gasteiger partial charge in [0.25, 0.3) is 5.91 Å². The van der Waals surface area contributed by atoms with Crippen LogP contribution in [0.15, 0.2) is 40.6 Å². The minimum Gasteiger partial charge on any atom is -0.350 e. The van der Waals surface area contributed by atoms with Crippen molar-refractivity contribution in [2.75, 3.05) is 33.7 Å². The fourth-order valence-corrected chi connectivity index (χ4v) is 6.03. The molecule has 6 nitrogen and oxygen atoms in total. The third-order valence-corrected chi connectivity index (χ3v) is 8.23. The standard InChI is InChI=1S/C21H29N3O3S2/c1-16-9-10-17(29(26,27)24-11-5-4-6-12-24)14-18(16)21(25)22-15-19(23(2)3)20-8-7-13-28-20/h7-10,13-14,19H,4-6,11-12,15H2,1-3H3,(H,22,25). The van der Waals surface area contributed by atoms with Gasteiger partial charge in [-0.05, 0) is 63.0 Å². The lowest BCUT2D eigenvalue weighted by Gasteiger charge is -2.26. The number of hydrogen-bond acceptors (Lipinski definition) is 5. The molecule has 1 aliphatic heterocycles. The first-order valence-corrected chi connectivity index (χ1v) is 12.2. The fourth-order valence-electron chi connectivity index (χ4n) is 3.56. The summed E-state index contributed by atoms with van der Waals surface area (Å²) >= 11 is 1.65. The van der Waals surface area contributed by atoms with Crippen LogP contribution in [0, 0.1) is 6.92 Å². The zero-order valence-electron chi connectivity index (χ0n) is 17.2. The molecule has 0 radical (unpaired) electrons. The van der Waals surface area contributed by atoms with Crippen molar-refractivity contribution in [3.05, 3.63) is 51.7 Å². The fraction of sp³-hybridized carbons (Fsp3) is 0.476. The van der Waals surface area contributed by atoms with Gasteiger partial charge < -0.3 is 10.2 Å². The predicted molar refractivity (Wildman–Crippen MR) is 117 cm³/mol.